The first kappa shape index (κ1) is 14.3. The zero-order valence-electron chi connectivity index (χ0n) is 11.8. The summed E-state index contributed by atoms with van der Waals surface area (Å²) < 4.78 is 5.37. The Bertz CT molecular complexity index is 586. The number of rotatable bonds is 5. The van der Waals surface area contributed by atoms with Crippen molar-refractivity contribution in [2.45, 2.75) is 19.4 Å². The van der Waals surface area contributed by atoms with Crippen LogP contribution in [0.2, 0.25) is 0 Å². The minimum Gasteiger partial charge on any atom is -0.496 e. The SMILES string of the molecule is COc1ccccc1CC(NN)c1cc(C)cnc1N. The van der Waals surface area contributed by atoms with E-state index in [4.69, 9.17) is 16.3 Å². The monoisotopic (exact) mass is 272 g/mol. The number of anilines is 1. The summed E-state index contributed by atoms with van der Waals surface area (Å²) in [5, 5.41) is 0. The first-order valence-electron chi connectivity index (χ1n) is 6.45. The maximum Gasteiger partial charge on any atom is 0.128 e. The largest absolute Gasteiger partial charge is 0.496 e. The molecule has 5 nitrogen and oxygen atoms in total. The number of nitrogen functional groups attached to an aromatic ring is 1. The van der Waals surface area contributed by atoms with E-state index in [-0.39, 0.29) is 6.04 Å². The highest BCUT2D eigenvalue weighted by Crippen LogP contribution is 2.27. The summed E-state index contributed by atoms with van der Waals surface area (Å²) >= 11 is 0. The molecule has 0 fully saturated rings. The van der Waals surface area contributed by atoms with Gasteiger partial charge in [-0.05, 0) is 36.6 Å². The van der Waals surface area contributed by atoms with E-state index in [0.29, 0.717) is 12.2 Å². The van der Waals surface area contributed by atoms with Gasteiger partial charge in [-0.25, -0.2) is 4.98 Å². The minimum absolute atomic E-state index is 0.112. The number of ether oxygens (including phenoxy) is 1. The predicted octanol–water partition coefficient (Wildman–Crippen LogP) is 1.73. The number of hydrazine groups is 1. The zero-order chi connectivity index (χ0) is 14.5. The summed E-state index contributed by atoms with van der Waals surface area (Å²) in [4.78, 5) is 4.18. The lowest BCUT2D eigenvalue weighted by Gasteiger charge is -2.19. The molecular weight excluding hydrogens is 252 g/mol. The Hall–Kier alpha value is -2.11. The summed E-state index contributed by atoms with van der Waals surface area (Å²) in [5.41, 5.74) is 11.8. The van der Waals surface area contributed by atoms with Gasteiger partial charge < -0.3 is 10.5 Å². The number of pyridine rings is 1. The van der Waals surface area contributed by atoms with Crippen molar-refractivity contribution < 1.29 is 4.74 Å². The molecule has 0 amide bonds. The molecule has 0 saturated heterocycles. The van der Waals surface area contributed by atoms with Gasteiger partial charge in [0.1, 0.15) is 11.6 Å². The second kappa shape index (κ2) is 6.36. The van der Waals surface area contributed by atoms with E-state index in [0.717, 1.165) is 22.4 Å². The molecule has 1 atom stereocenters. The first-order valence-corrected chi connectivity index (χ1v) is 6.45. The summed E-state index contributed by atoms with van der Waals surface area (Å²) in [7, 11) is 1.66. The van der Waals surface area contributed by atoms with Gasteiger partial charge in [-0.1, -0.05) is 18.2 Å². The average Bonchev–Trinajstić information content (AvgIpc) is 2.48. The van der Waals surface area contributed by atoms with Crippen molar-refractivity contribution in [1.29, 1.82) is 0 Å². The van der Waals surface area contributed by atoms with E-state index in [1.165, 1.54) is 0 Å². The average molecular weight is 272 g/mol. The molecule has 1 aromatic carbocycles. The molecule has 0 aliphatic rings. The number of hydrogen-bond acceptors (Lipinski definition) is 5. The van der Waals surface area contributed by atoms with Crippen LogP contribution in [0.15, 0.2) is 36.5 Å². The van der Waals surface area contributed by atoms with Crippen molar-refractivity contribution in [2.24, 2.45) is 5.84 Å². The predicted molar refractivity (Wildman–Crippen MR) is 80.1 cm³/mol. The lowest BCUT2D eigenvalue weighted by Crippen LogP contribution is -2.30. The van der Waals surface area contributed by atoms with Crippen molar-refractivity contribution in [2.75, 3.05) is 12.8 Å². The van der Waals surface area contributed by atoms with E-state index in [9.17, 15) is 0 Å². The Morgan fingerprint density at radius 3 is 2.80 bits per heavy atom. The lowest BCUT2D eigenvalue weighted by molar-refractivity contribution is 0.405. The first-order chi connectivity index (χ1) is 9.65. The number of nitrogens with two attached hydrogens (primary N) is 2. The summed E-state index contributed by atoms with van der Waals surface area (Å²) in [6.07, 6.45) is 2.42. The molecule has 0 aliphatic heterocycles. The van der Waals surface area contributed by atoms with Gasteiger partial charge >= 0.3 is 0 Å². The van der Waals surface area contributed by atoms with Crippen molar-refractivity contribution in [3.8, 4) is 5.75 Å². The van der Waals surface area contributed by atoms with Gasteiger partial charge in [0.05, 0.1) is 13.2 Å². The fraction of sp³-hybridized carbons (Fsp3) is 0.267. The highest BCUT2D eigenvalue weighted by atomic mass is 16.5. The van der Waals surface area contributed by atoms with Crippen LogP contribution in [0.5, 0.6) is 5.75 Å². The Labute approximate surface area is 118 Å². The van der Waals surface area contributed by atoms with E-state index in [1.807, 2.05) is 37.3 Å². The number of benzene rings is 1. The Balaban J connectivity index is 2.31. The molecule has 1 heterocycles. The number of methoxy groups -OCH3 is 1. The molecule has 0 saturated carbocycles. The number of nitrogens with zero attached hydrogens (tertiary/aromatic N) is 1. The van der Waals surface area contributed by atoms with Crippen LogP contribution in [0, 0.1) is 6.92 Å². The number of nitrogens with one attached hydrogen (secondary N) is 1. The molecule has 106 valence electrons. The molecule has 0 radical (unpaired) electrons. The molecule has 2 rings (SSSR count). The second-order valence-electron chi connectivity index (χ2n) is 4.72. The molecular formula is C15H20N4O. The Morgan fingerprint density at radius 2 is 2.10 bits per heavy atom. The molecule has 1 unspecified atom stereocenters. The van der Waals surface area contributed by atoms with E-state index >= 15 is 0 Å². The van der Waals surface area contributed by atoms with Gasteiger partial charge in [0.2, 0.25) is 0 Å². The number of hydrogen-bond donors (Lipinski definition) is 3. The maximum atomic E-state index is 5.95. The Morgan fingerprint density at radius 1 is 1.35 bits per heavy atom. The Kier molecular flexibility index (Phi) is 4.55. The molecule has 0 aliphatic carbocycles. The smallest absolute Gasteiger partial charge is 0.128 e. The minimum atomic E-state index is -0.112. The van der Waals surface area contributed by atoms with Crippen LogP contribution in [-0.2, 0) is 6.42 Å². The van der Waals surface area contributed by atoms with Crippen molar-refractivity contribution in [3.63, 3.8) is 0 Å². The van der Waals surface area contributed by atoms with Crippen LogP contribution in [0.25, 0.3) is 0 Å². The quantitative estimate of drug-likeness (QED) is 0.570. The van der Waals surface area contributed by atoms with E-state index in [2.05, 4.69) is 10.4 Å². The van der Waals surface area contributed by atoms with Crippen LogP contribution in [-0.4, -0.2) is 12.1 Å². The van der Waals surface area contributed by atoms with Gasteiger partial charge in [-0.2, -0.15) is 0 Å². The normalized spacial score (nSPS) is 12.2. The lowest BCUT2D eigenvalue weighted by atomic mass is 9.98. The van der Waals surface area contributed by atoms with Gasteiger partial charge in [-0.3, -0.25) is 11.3 Å². The number of para-hydroxylation sites is 1. The standard InChI is InChI=1S/C15H20N4O/c1-10-7-12(15(16)18-9-10)13(19-17)8-11-5-3-4-6-14(11)20-2/h3-7,9,13,19H,8,17H2,1-2H3,(H2,16,18). The van der Waals surface area contributed by atoms with Crippen molar-refractivity contribution >= 4 is 5.82 Å². The fourth-order valence-electron chi connectivity index (χ4n) is 2.23. The van der Waals surface area contributed by atoms with Crippen LogP contribution >= 0.6 is 0 Å². The highest BCUT2D eigenvalue weighted by Gasteiger charge is 2.16. The van der Waals surface area contributed by atoms with Gasteiger partial charge in [-0.15, -0.1) is 0 Å². The maximum absolute atomic E-state index is 5.95. The highest BCUT2D eigenvalue weighted by molar-refractivity contribution is 5.44. The number of aromatic nitrogens is 1. The molecule has 5 N–H and O–H groups in total. The van der Waals surface area contributed by atoms with Gasteiger partial charge in [0, 0.05) is 11.8 Å². The second-order valence-corrected chi connectivity index (χ2v) is 4.72. The molecule has 5 heteroatoms. The zero-order valence-corrected chi connectivity index (χ0v) is 11.8. The summed E-state index contributed by atoms with van der Waals surface area (Å²) in [5.74, 6) is 7.02. The van der Waals surface area contributed by atoms with E-state index < -0.39 is 0 Å². The molecule has 2 aromatic rings. The van der Waals surface area contributed by atoms with Crippen LogP contribution < -0.4 is 21.7 Å². The third-order valence-corrected chi connectivity index (χ3v) is 3.28. The molecule has 1 aromatic heterocycles. The molecule has 0 spiro atoms. The van der Waals surface area contributed by atoms with Crippen LogP contribution in [0.1, 0.15) is 22.7 Å². The van der Waals surface area contributed by atoms with Crippen molar-refractivity contribution in [1.82, 2.24) is 10.4 Å². The third kappa shape index (κ3) is 3.07. The van der Waals surface area contributed by atoms with Crippen LogP contribution in [0.4, 0.5) is 5.82 Å². The van der Waals surface area contributed by atoms with Gasteiger partial charge in [0.25, 0.3) is 0 Å². The third-order valence-electron chi connectivity index (χ3n) is 3.28. The molecule has 20 heavy (non-hydrogen) atoms. The van der Waals surface area contributed by atoms with Crippen molar-refractivity contribution in [3.05, 3.63) is 53.2 Å². The van der Waals surface area contributed by atoms with Gasteiger partial charge in [0.15, 0.2) is 0 Å². The number of aryl methyl sites for hydroxylation is 1. The van der Waals surface area contributed by atoms with Crippen LogP contribution in [0.3, 0.4) is 0 Å². The van der Waals surface area contributed by atoms with E-state index in [1.54, 1.807) is 13.3 Å². The summed E-state index contributed by atoms with van der Waals surface area (Å²) in [6.45, 7) is 1.98. The molecule has 0 bridgehead atoms. The summed E-state index contributed by atoms with van der Waals surface area (Å²) in [6, 6.07) is 9.75. The topological polar surface area (TPSA) is 86.2 Å². The fourth-order valence-corrected chi connectivity index (χ4v) is 2.23.